The lowest BCUT2D eigenvalue weighted by Crippen LogP contribution is -2.38. The van der Waals surface area contributed by atoms with E-state index < -0.39 is 11.2 Å². The Morgan fingerprint density at radius 3 is 2.33 bits per heavy atom. The van der Waals surface area contributed by atoms with Crippen LogP contribution in [0.4, 0.5) is 5.69 Å². The molecule has 0 saturated carbocycles. The lowest BCUT2D eigenvalue weighted by atomic mass is 9.92. The van der Waals surface area contributed by atoms with Gasteiger partial charge in [-0.25, -0.2) is 4.79 Å². The third-order valence-electron chi connectivity index (χ3n) is 2.41. The van der Waals surface area contributed by atoms with Crippen LogP contribution in [0, 0.1) is 5.41 Å². The maximum Gasteiger partial charge on any atom is 0.330 e. The average Bonchev–Trinajstić information content (AvgIpc) is 2.20. The number of nitrogens with zero attached hydrogens (tertiary/aromatic N) is 2. The lowest BCUT2D eigenvalue weighted by Gasteiger charge is -2.17. The Labute approximate surface area is 105 Å². The summed E-state index contributed by atoms with van der Waals surface area (Å²) in [5.41, 5.74) is -0.960. The zero-order valence-corrected chi connectivity index (χ0v) is 11.4. The van der Waals surface area contributed by atoms with Crippen LogP contribution >= 0.6 is 0 Å². The van der Waals surface area contributed by atoms with Crippen LogP contribution < -0.4 is 16.6 Å². The van der Waals surface area contributed by atoms with Gasteiger partial charge in [-0.3, -0.25) is 14.2 Å². The van der Waals surface area contributed by atoms with E-state index in [0.29, 0.717) is 6.42 Å². The van der Waals surface area contributed by atoms with Crippen LogP contribution in [0.25, 0.3) is 0 Å². The van der Waals surface area contributed by atoms with E-state index in [1.54, 1.807) is 0 Å². The van der Waals surface area contributed by atoms with Gasteiger partial charge in [-0.1, -0.05) is 20.8 Å². The van der Waals surface area contributed by atoms with Crippen molar-refractivity contribution in [2.45, 2.75) is 27.2 Å². The molecule has 1 heterocycles. The minimum atomic E-state index is -0.500. The van der Waals surface area contributed by atoms with Gasteiger partial charge >= 0.3 is 5.69 Å². The summed E-state index contributed by atoms with van der Waals surface area (Å²) in [6.45, 7) is 5.81. The van der Waals surface area contributed by atoms with Gasteiger partial charge in [-0.2, -0.15) is 0 Å². The standard InChI is InChI=1S/C12H19N3O3/c1-12(2,3)6-9(16)13-8-7-14(4)11(18)15(5)10(8)17/h7H,6H2,1-5H3,(H,13,16). The molecular weight excluding hydrogens is 234 g/mol. The van der Waals surface area contributed by atoms with Crippen LogP contribution in [0.15, 0.2) is 15.8 Å². The number of anilines is 1. The van der Waals surface area contributed by atoms with Crippen molar-refractivity contribution >= 4 is 11.6 Å². The number of hydrogen-bond acceptors (Lipinski definition) is 3. The highest BCUT2D eigenvalue weighted by Gasteiger charge is 2.17. The predicted molar refractivity (Wildman–Crippen MR) is 69.6 cm³/mol. The van der Waals surface area contributed by atoms with Crippen molar-refractivity contribution in [3.63, 3.8) is 0 Å². The van der Waals surface area contributed by atoms with Crippen LogP contribution in [0.5, 0.6) is 0 Å². The van der Waals surface area contributed by atoms with Gasteiger partial charge < -0.3 is 9.88 Å². The molecule has 1 aromatic rings. The minimum absolute atomic E-state index is 0.119. The van der Waals surface area contributed by atoms with E-state index in [1.807, 2.05) is 20.8 Å². The van der Waals surface area contributed by atoms with Crippen molar-refractivity contribution < 1.29 is 4.79 Å². The van der Waals surface area contributed by atoms with E-state index in [9.17, 15) is 14.4 Å². The summed E-state index contributed by atoms with van der Waals surface area (Å²) in [6, 6.07) is 0. The summed E-state index contributed by atoms with van der Waals surface area (Å²) in [4.78, 5) is 35.0. The van der Waals surface area contributed by atoms with E-state index in [4.69, 9.17) is 0 Å². The molecule has 0 aromatic carbocycles. The van der Waals surface area contributed by atoms with E-state index in [1.165, 1.54) is 24.9 Å². The number of nitrogens with one attached hydrogen (secondary N) is 1. The molecule has 6 nitrogen and oxygen atoms in total. The molecule has 0 unspecified atom stereocenters. The molecule has 0 fully saturated rings. The lowest BCUT2D eigenvalue weighted by molar-refractivity contribution is -0.117. The molecule has 0 saturated heterocycles. The summed E-state index contributed by atoms with van der Waals surface area (Å²) in [6.07, 6.45) is 1.64. The second-order valence-electron chi connectivity index (χ2n) is 5.59. The second-order valence-corrected chi connectivity index (χ2v) is 5.59. The molecule has 1 rings (SSSR count). The van der Waals surface area contributed by atoms with Gasteiger partial charge in [0.25, 0.3) is 5.56 Å². The molecule has 1 aromatic heterocycles. The fourth-order valence-electron chi connectivity index (χ4n) is 1.57. The SMILES string of the molecule is Cn1cc(NC(=O)CC(C)(C)C)c(=O)n(C)c1=O. The molecule has 0 aliphatic carbocycles. The number of aryl methyl sites for hydroxylation is 1. The van der Waals surface area contributed by atoms with Crippen LogP contribution in [0.3, 0.4) is 0 Å². The Hall–Kier alpha value is -1.85. The highest BCUT2D eigenvalue weighted by molar-refractivity contribution is 5.90. The van der Waals surface area contributed by atoms with E-state index in [-0.39, 0.29) is 17.0 Å². The van der Waals surface area contributed by atoms with Crippen LogP contribution in [-0.4, -0.2) is 15.0 Å². The molecule has 0 spiro atoms. The highest BCUT2D eigenvalue weighted by atomic mass is 16.2. The van der Waals surface area contributed by atoms with Crippen molar-refractivity contribution in [2.75, 3.05) is 5.32 Å². The molecule has 0 aliphatic heterocycles. The number of carbonyl (C=O) groups is 1. The number of aromatic nitrogens is 2. The molecule has 1 N–H and O–H groups in total. The van der Waals surface area contributed by atoms with Gasteiger partial charge in [0.1, 0.15) is 5.69 Å². The normalized spacial score (nSPS) is 11.4. The first-order valence-corrected chi connectivity index (χ1v) is 5.68. The monoisotopic (exact) mass is 253 g/mol. The number of hydrogen-bond donors (Lipinski definition) is 1. The molecule has 1 amide bonds. The molecule has 100 valence electrons. The molecule has 0 aliphatic rings. The molecular formula is C12H19N3O3. The van der Waals surface area contributed by atoms with Crippen molar-refractivity contribution in [1.29, 1.82) is 0 Å². The Balaban J connectivity index is 3.04. The van der Waals surface area contributed by atoms with E-state index >= 15 is 0 Å². The quantitative estimate of drug-likeness (QED) is 0.832. The molecule has 18 heavy (non-hydrogen) atoms. The van der Waals surface area contributed by atoms with Gasteiger partial charge in [0.05, 0.1) is 0 Å². The largest absolute Gasteiger partial charge is 0.330 e. The number of amides is 1. The van der Waals surface area contributed by atoms with E-state index in [0.717, 1.165) is 4.57 Å². The van der Waals surface area contributed by atoms with Gasteiger partial charge in [-0.15, -0.1) is 0 Å². The van der Waals surface area contributed by atoms with Gasteiger partial charge in [0, 0.05) is 26.7 Å². The molecule has 6 heteroatoms. The fourth-order valence-corrected chi connectivity index (χ4v) is 1.57. The topological polar surface area (TPSA) is 73.1 Å². The minimum Gasteiger partial charge on any atom is -0.320 e. The Kier molecular flexibility index (Phi) is 3.79. The smallest absolute Gasteiger partial charge is 0.320 e. The van der Waals surface area contributed by atoms with Gasteiger partial charge in [0.2, 0.25) is 5.91 Å². The molecule has 0 bridgehead atoms. The zero-order chi connectivity index (χ0) is 14.1. The summed E-state index contributed by atoms with van der Waals surface area (Å²) in [5, 5.41) is 2.54. The number of carbonyl (C=O) groups excluding carboxylic acids is 1. The third kappa shape index (κ3) is 3.32. The summed E-state index contributed by atoms with van der Waals surface area (Å²) < 4.78 is 2.22. The summed E-state index contributed by atoms with van der Waals surface area (Å²) >= 11 is 0. The van der Waals surface area contributed by atoms with Crippen molar-refractivity contribution in [3.8, 4) is 0 Å². The van der Waals surface area contributed by atoms with Crippen molar-refractivity contribution in [1.82, 2.24) is 9.13 Å². The maximum absolute atomic E-state index is 11.8. The number of rotatable bonds is 2. The second kappa shape index (κ2) is 4.80. The molecule has 0 radical (unpaired) electrons. The zero-order valence-electron chi connectivity index (χ0n) is 11.4. The summed E-state index contributed by atoms with van der Waals surface area (Å²) in [7, 11) is 2.91. The van der Waals surface area contributed by atoms with Crippen molar-refractivity contribution in [3.05, 3.63) is 27.0 Å². The third-order valence-corrected chi connectivity index (χ3v) is 2.41. The Morgan fingerprint density at radius 1 is 1.28 bits per heavy atom. The molecule has 0 atom stereocenters. The van der Waals surface area contributed by atoms with Crippen molar-refractivity contribution in [2.24, 2.45) is 19.5 Å². The Morgan fingerprint density at radius 2 is 1.83 bits per heavy atom. The first-order valence-electron chi connectivity index (χ1n) is 5.68. The van der Waals surface area contributed by atoms with Crippen LogP contribution in [0.1, 0.15) is 27.2 Å². The highest BCUT2D eigenvalue weighted by Crippen LogP contribution is 2.18. The fraction of sp³-hybridized carbons (Fsp3) is 0.583. The average molecular weight is 253 g/mol. The van der Waals surface area contributed by atoms with E-state index in [2.05, 4.69) is 5.32 Å². The van der Waals surface area contributed by atoms with Crippen LogP contribution in [-0.2, 0) is 18.9 Å². The van der Waals surface area contributed by atoms with Crippen LogP contribution in [0.2, 0.25) is 0 Å². The maximum atomic E-state index is 11.8. The Bertz CT molecular complexity index is 576. The first kappa shape index (κ1) is 14.2. The van der Waals surface area contributed by atoms with Gasteiger partial charge in [0.15, 0.2) is 0 Å². The predicted octanol–water partition coefficient (Wildman–Crippen LogP) is 0.459. The first-order chi connectivity index (χ1) is 8.11. The van der Waals surface area contributed by atoms with Gasteiger partial charge in [-0.05, 0) is 5.41 Å². The summed E-state index contributed by atoms with van der Waals surface area (Å²) in [5.74, 6) is -0.238.